The molecule has 0 aliphatic rings. The van der Waals surface area contributed by atoms with Crippen LogP contribution in [0.3, 0.4) is 0 Å². The fourth-order valence-electron chi connectivity index (χ4n) is 1.57. The Balaban J connectivity index is 1.87. The van der Waals surface area contributed by atoms with Crippen LogP contribution in [-0.4, -0.2) is 14.4 Å². The van der Waals surface area contributed by atoms with Crippen LogP contribution < -0.4 is 15.6 Å². The highest BCUT2D eigenvalue weighted by Gasteiger charge is 2.07. The van der Waals surface area contributed by atoms with Gasteiger partial charge in [0.15, 0.2) is 0 Å². The molecule has 0 saturated carbocycles. The minimum absolute atomic E-state index is 0.555. The molecule has 0 aromatic heterocycles. The number of hydrazine groups is 1. The normalized spacial score (nSPS) is 11.3. The van der Waals surface area contributed by atoms with Crippen molar-refractivity contribution in [1.29, 1.82) is 0 Å². The van der Waals surface area contributed by atoms with Crippen molar-refractivity contribution in [2.45, 2.75) is 0 Å². The van der Waals surface area contributed by atoms with Crippen molar-refractivity contribution in [3.63, 3.8) is 0 Å². The summed E-state index contributed by atoms with van der Waals surface area (Å²) in [5, 5.41) is 3.46. The molecule has 22 heavy (non-hydrogen) atoms. The van der Waals surface area contributed by atoms with Gasteiger partial charge < -0.3 is 5.32 Å². The predicted molar refractivity (Wildman–Crippen MR) is 86.1 cm³/mol. The molecule has 114 valence electrons. The monoisotopic (exact) mass is 317 g/mol. The third-order valence-electron chi connectivity index (χ3n) is 2.58. The molecule has 0 radical (unpaired) electrons. The van der Waals surface area contributed by atoms with Crippen molar-refractivity contribution in [1.82, 2.24) is 10.3 Å². The summed E-state index contributed by atoms with van der Waals surface area (Å²) in [5.74, 6) is 0. The smallest absolute Gasteiger partial charge is 0.307 e. The number of nitrogens with one attached hydrogen (secondary N) is 3. The van der Waals surface area contributed by atoms with Gasteiger partial charge in [0.2, 0.25) is 0 Å². The number of carbonyl (C=O) groups excluding carboxylic acids is 1. The van der Waals surface area contributed by atoms with Crippen LogP contribution in [0.15, 0.2) is 66.1 Å². The molecule has 7 heteroatoms. The van der Waals surface area contributed by atoms with E-state index in [1.807, 2.05) is 10.9 Å². The molecule has 0 atom stereocenters. The highest BCUT2D eigenvalue weighted by molar-refractivity contribution is 7.92. The van der Waals surface area contributed by atoms with Crippen LogP contribution in [0.25, 0.3) is 6.08 Å². The van der Waals surface area contributed by atoms with Gasteiger partial charge in [0.25, 0.3) is 10.0 Å². The van der Waals surface area contributed by atoms with E-state index in [0.717, 1.165) is 11.0 Å². The molecule has 6 nitrogen and oxygen atoms in total. The average Bonchev–Trinajstić information content (AvgIpc) is 2.53. The summed E-state index contributed by atoms with van der Waals surface area (Å²) < 4.78 is 23.4. The van der Waals surface area contributed by atoms with Crippen molar-refractivity contribution in [2.75, 3.05) is 5.32 Å². The molecule has 0 spiro atoms. The van der Waals surface area contributed by atoms with E-state index in [1.165, 1.54) is 6.08 Å². The Hall–Kier alpha value is -2.64. The van der Waals surface area contributed by atoms with Crippen LogP contribution in [0.1, 0.15) is 5.56 Å². The van der Waals surface area contributed by atoms with E-state index in [-0.39, 0.29) is 0 Å². The topological polar surface area (TPSA) is 87.3 Å². The van der Waals surface area contributed by atoms with Crippen molar-refractivity contribution in [2.24, 2.45) is 0 Å². The van der Waals surface area contributed by atoms with Gasteiger partial charge in [-0.05, 0) is 23.8 Å². The molecule has 2 aromatic carbocycles. The summed E-state index contributed by atoms with van der Waals surface area (Å²) in [7, 11) is -3.77. The zero-order chi connectivity index (χ0) is 15.8. The van der Waals surface area contributed by atoms with E-state index in [2.05, 4.69) is 10.7 Å². The zero-order valence-electron chi connectivity index (χ0n) is 11.6. The van der Waals surface area contributed by atoms with Crippen molar-refractivity contribution < 1.29 is 13.2 Å². The van der Waals surface area contributed by atoms with Gasteiger partial charge in [0, 0.05) is 11.1 Å². The van der Waals surface area contributed by atoms with Gasteiger partial charge >= 0.3 is 6.03 Å². The zero-order valence-corrected chi connectivity index (χ0v) is 12.4. The van der Waals surface area contributed by atoms with Gasteiger partial charge in [-0.25, -0.2) is 13.2 Å². The molecule has 0 unspecified atom stereocenters. The number of para-hydroxylation sites is 1. The highest BCUT2D eigenvalue weighted by Crippen LogP contribution is 2.04. The fourth-order valence-corrected chi connectivity index (χ4v) is 2.21. The summed E-state index contributed by atoms with van der Waals surface area (Å²) in [6.45, 7) is 0. The molecule has 0 aliphatic heterocycles. The van der Waals surface area contributed by atoms with Crippen LogP contribution >= 0.6 is 0 Å². The summed E-state index contributed by atoms with van der Waals surface area (Å²) >= 11 is 0. The Bertz CT molecular complexity index is 744. The Morgan fingerprint density at radius 1 is 0.909 bits per heavy atom. The third kappa shape index (κ3) is 5.39. The van der Waals surface area contributed by atoms with E-state index in [4.69, 9.17) is 0 Å². The van der Waals surface area contributed by atoms with Gasteiger partial charge in [0.05, 0.1) is 0 Å². The molecular weight excluding hydrogens is 302 g/mol. The third-order valence-corrected chi connectivity index (χ3v) is 3.46. The molecule has 3 N–H and O–H groups in total. The first-order valence-corrected chi connectivity index (χ1v) is 7.97. The second-order valence-corrected chi connectivity index (χ2v) is 5.87. The number of carbonyl (C=O) groups is 1. The first-order chi connectivity index (χ1) is 10.6. The number of amides is 2. The maximum Gasteiger partial charge on any atom is 0.334 e. The summed E-state index contributed by atoms with van der Waals surface area (Å²) in [5.41, 5.74) is 3.36. The minimum atomic E-state index is -3.77. The van der Waals surface area contributed by atoms with Gasteiger partial charge in [-0.1, -0.05) is 48.5 Å². The molecule has 0 saturated heterocycles. The first kappa shape index (κ1) is 15.7. The predicted octanol–water partition coefficient (Wildman–Crippen LogP) is 2.31. The molecule has 0 aliphatic carbocycles. The number of sulfonamides is 1. The molecule has 0 fully saturated rings. The molecule has 0 bridgehead atoms. The standard InChI is InChI=1S/C15H15N3O3S/c19-15(16-14-9-5-2-6-10-14)17-18-22(20,21)12-11-13-7-3-1-4-8-13/h1-12,18H,(H2,16,17,19)/b12-11+. The molecule has 2 amide bonds. The number of urea groups is 1. The first-order valence-electron chi connectivity index (χ1n) is 6.42. The summed E-state index contributed by atoms with van der Waals surface area (Å²) in [4.78, 5) is 13.5. The van der Waals surface area contributed by atoms with Crippen LogP contribution in [0.5, 0.6) is 0 Å². The van der Waals surface area contributed by atoms with Crippen molar-refractivity contribution in [3.8, 4) is 0 Å². The molecule has 0 heterocycles. The lowest BCUT2D eigenvalue weighted by Gasteiger charge is -2.07. The largest absolute Gasteiger partial charge is 0.334 e. The highest BCUT2D eigenvalue weighted by atomic mass is 32.2. The Morgan fingerprint density at radius 3 is 2.14 bits per heavy atom. The van der Waals surface area contributed by atoms with E-state index in [9.17, 15) is 13.2 Å². The number of anilines is 1. The fraction of sp³-hybridized carbons (Fsp3) is 0. The second-order valence-electron chi connectivity index (χ2n) is 4.31. The van der Waals surface area contributed by atoms with Gasteiger partial charge in [-0.3, -0.25) is 5.43 Å². The number of benzene rings is 2. The summed E-state index contributed by atoms with van der Waals surface area (Å²) in [6.07, 6.45) is 1.43. The van der Waals surface area contributed by atoms with Gasteiger partial charge in [-0.15, -0.1) is 4.83 Å². The Labute approximate surface area is 128 Å². The Morgan fingerprint density at radius 2 is 1.50 bits per heavy atom. The van der Waals surface area contributed by atoms with E-state index >= 15 is 0 Å². The lowest BCUT2D eigenvalue weighted by atomic mass is 10.2. The van der Waals surface area contributed by atoms with E-state index in [1.54, 1.807) is 54.6 Å². The minimum Gasteiger partial charge on any atom is -0.307 e. The van der Waals surface area contributed by atoms with Crippen LogP contribution in [0.2, 0.25) is 0 Å². The number of hydrogen-bond acceptors (Lipinski definition) is 3. The van der Waals surface area contributed by atoms with Crippen molar-refractivity contribution >= 4 is 27.8 Å². The van der Waals surface area contributed by atoms with Gasteiger partial charge in [-0.2, -0.15) is 0 Å². The number of hydrogen-bond donors (Lipinski definition) is 3. The second kappa shape index (κ2) is 7.39. The van der Waals surface area contributed by atoms with E-state index < -0.39 is 16.1 Å². The molecule has 2 rings (SSSR count). The Kier molecular flexibility index (Phi) is 5.29. The van der Waals surface area contributed by atoms with Crippen molar-refractivity contribution in [3.05, 3.63) is 71.6 Å². The lowest BCUT2D eigenvalue weighted by molar-refractivity contribution is 0.250. The van der Waals surface area contributed by atoms with Crippen LogP contribution in [0.4, 0.5) is 10.5 Å². The number of rotatable bonds is 5. The average molecular weight is 317 g/mol. The lowest BCUT2D eigenvalue weighted by Crippen LogP contribution is -2.42. The van der Waals surface area contributed by atoms with E-state index in [0.29, 0.717) is 5.69 Å². The summed E-state index contributed by atoms with van der Waals surface area (Å²) in [6, 6.07) is 17.0. The van der Waals surface area contributed by atoms with Crippen LogP contribution in [-0.2, 0) is 10.0 Å². The maximum absolute atomic E-state index is 11.7. The molecular formula is C15H15N3O3S. The van der Waals surface area contributed by atoms with Gasteiger partial charge in [0.1, 0.15) is 0 Å². The quantitative estimate of drug-likeness (QED) is 0.740. The SMILES string of the molecule is O=C(NNS(=O)(=O)/C=C/c1ccccc1)Nc1ccccc1. The van der Waals surface area contributed by atoms with Crippen LogP contribution in [0, 0.1) is 0 Å². The molecule has 2 aromatic rings. The maximum atomic E-state index is 11.7.